The van der Waals surface area contributed by atoms with Crippen LogP contribution in [0.2, 0.25) is 0 Å². The van der Waals surface area contributed by atoms with Crippen LogP contribution in [-0.2, 0) is 12.4 Å². The number of benzene rings is 3. The van der Waals surface area contributed by atoms with Crippen LogP contribution in [0.3, 0.4) is 0 Å². The molecule has 0 fully saturated rings. The fraction of sp³-hybridized carbons (Fsp3) is 0.241. The number of nitrogens with zero attached hydrogens (tertiary/aromatic N) is 1. The number of carboxylic acid groups (broad SMARTS) is 1. The lowest BCUT2D eigenvalue weighted by atomic mass is 10.0. The molecule has 0 aliphatic heterocycles. The number of para-hydroxylation sites is 1. The van der Waals surface area contributed by atoms with Crippen LogP contribution < -0.4 is 9.47 Å². The number of hydrogen-bond donors (Lipinski definition) is 1. The van der Waals surface area contributed by atoms with E-state index >= 15 is 0 Å². The monoisotopic (exact) mass is 557 g/mol. The molecule has 1 N–H and O–H groups in total. The minimum Gasteiger partial charge on any atom is -0.489 e. The van der Waals surface area contributed by atoms with Crippen molar-refractivity contribution in [1.82, 2.24) is 5.16 Å². The van der Waals surface area contributed by atoms with Gasteiger partial charge in [0.1, 0.15) is 29.6 Å². The first kappa shape index (κ1) is 28.1. The predicted molar refractivity (Wildman–Crippen MR) is 141 cm³/mol. The first-order valence-corrected chi connectivity index (χ1v) is 13.0. The van der Waals surface area contributed by atoms with Gasteiger partial charge in [0.15, 0.2) is 0 Å². The van der Waals surface area contributed by atoms with Crippen molar-refractivity contribution in [2.24, 2.45) is 0 Å². The smallest absolute Gasteiger partial charge is 0.489 e. The Morgan fingerprint density at radius 1 is 1.08 bits per heavy atom. The molecule has 204 valence electrons. The summed E-state index contributed by atoms with van der Waals surface area (Å²) in [4.78, 5) is 12.1. The zero-order valence-electron chi connectivity index (χ0n) is 21.4. The van der Waals surface area contributed by atoms with E-state index in [1.54, 1.807) is 24.3 Å². The van der Waals surface area contributed by atoms with Crippen LogP contribution >= 0.6 is 11.8 Å². The van der Waals surface area contributed by atoms with Gasteiger partial charge in [0, 0.05) is 22.1 Å². The molecule has 0 spiro atoms. The number of aryl methyl sites for hydroxylation is 1. The maximum Gasteiger partial charge on any atom is 0.573 e. The van der Waals surface area contributed by atoms with Gasteiger partial charge in [0.2, 0.25) is 0 Å². The van der Waals surface area contributed by atoms with Crippen molar-refractivity contribution < 1.29 is 37.1 Å². The van der Waals surface area contributed by atoms with Crippen LogP contribution in [0.15, 0.2) is 76.1 Å². The summed E-state index contributed by atoms with van der Waals surface area (Å²) < 4.78 is 54.8. The molecular formula is C29H26F3NO5S. The maximum atomic E-state index is 13.0. The fourth-order valence-corrected chi connectivity index (χ4v) is 4.99. The Balaban J connectivity index is 1.52. The molecule has 39 heavy (non-hydrogen) atoms. The normalized spacial score (nSPS) is 11.6. The van der Waals surface area contributed by atoms with E-state index in [0.29, 0.717) is 22.8 Å². The second-order valence-electron chi connectivity index (χ2n) is 9.07. The summed E-state index contributed by atoms with van der Waals surface area (Å²) in [7, 11) is 0. The van der Waals surface area contributed by atoms with E-state index in [9.17, 15) is 23.1 Å². The largest absolute Gasteiger partial charge is 0.573 e. The van der Waals surface area contributed by atoms with E-state index in [1.807, 2.05) is 45.0 Å². The number of alkyl halides is 3. The number of thioether (sulfide) groups is 1. The molecule has 0 aliphatic carbocycles. The highest BCUT2D eigenvalue weighted by molar-refractivity contribution is 7.98. The molecule has 10 heteroatoms. The van der Waals surface area contributed by atoms with Gasteiger partial charge >= 0.3 is 12.3 Å². The van der Waals surface area contributed by atoms with Crippen LogP contribution in [0.1, 0.15) is 52.6 Å². The first-order valence-electron chi connectivity index (χ1n) is 12.0. The van der Waals surface area contributed by atoms with Crippen LogP contribution in [0.4, 0.5) is 13.2 Å². The average molecular weight is 558 g/mol. The molecule has 1 heterocycles. The Morgan fingerprint density at radius 2 is 1.85 bits per heavy atom. The van der Waals surface area contributed by atoms with Crippen molar-refractivity contribution in [3.8, 4) is 22.8 Å². The van der Waals surface area contributed by atoms with E-state index < -0.39 is 12.3 Å². The van der Waals surface area contributed by atoms with Crippen molar-refractivity contribution >= 4 is 17.7 Å². The average Bonchev–Trinajstić information content (AvgIpc) is 3.30. The minimum atomic E-state index is -4.85. The molecule has 0 saturated carbocycles. The van der Waals surface area contributed by atoms with Gasteiger partial charge in [-0.3, -0.25) is 0 Å². The summed E-state index contributed by atoms with van der Waals surface area (Å²) in [6.07, 6.45) is -4.85. The molecular weight excluding hydrogens is 531 g/mol. The van der Waals surface area contributed by atoms with Crippen LogP contribution in [0.25, 0.3) is 11.3 Å². The molecule has 1 aromatic heterocycles. The number of halogens is 3. The zero-order chi connectivity index (χ0) is 28.2. The number of ether oxygens (including phenoxy) is 2. The lowest BCUT2D eigenvalue weighted by Gasteiger charge is -2.14. The summed E-state index contributed by atoms with van der Waals surface area (Å²) in [6, 6.07) is 18.2. The van der Waals surface area contributed by atoms with Gasteiger partial charge in [-0.25, -0.2) is 4.79 Å². The Bertz CT molecular complexity index is 1470. The summed E-state index contributed by atoms with van der Waals surface area (Å²) in [5.41, 5.74) is 3.19. The summed E-state index contributed by atoms with van der Waals surface area (Å²) in [5.74, 6) is 0.306. The third-order valence-corrected chi connectivity index (χ3v) is 6.93. The van der Waals surface area contributed by atoms with E-state index in [0.717, 1.165) is 16.0 Å². The number of hydrogen-bond acceptors (Lipinski definition) is 6. The van der Waals surface area contributed by atoms with Crippen molar-refractivity contribution in [2.45, 2.75) is 50.3 Å². The molecule has 0 bridgehead atoms. The Labute approximate surface area is 227 Å². The highest BCUT2D eigenvalue weighted by Gasteiger charge is 2.33. The third kappa shape index (κ3) is 7.14. The highest BCUT2D eigenvalue weighted by atomic mass is 32.2. The van der Waals surface area contributed by atoms with E-state index in [4.69, 9.17) is 9.26 Å². The van der Waals surface area contributed by atoms with Crippen molar-refractivity contribution in [3.05, 3.63) is 94.7 Å². The number of carboxylic acids is 1. The standard InChI is InChI=1S/C29H26F3NO5S/c1-17(2)27-24(26(33-38-27)23-9-4-5-10-25(23)37-29(30,31)32)15-36-21-12-11-20(18(3)13-21)16-39-22-8-6-7-19(14-22)28(34)35/h4-14,17H,15-16H2,1-3H3,(H,34,35). The van der Waals surface area contributed by atoms with Crippen LogP contribution in [0, 0.1) is 6.92 Å². The Hall–Kier alpha value is -3.92. The van der Waals surface area contributed by atoms with E-state index in [-0.39, 0.29) is 35.1 Å². The van der Waals surface area contributed by atoms with Gasteiger partial charge in [-0.2, -0.15) is 0 Å². The molecule has 0 aliphatic rings. The second-order valence-corrected chi connectivity index (χ2v) is 10.1. The van der Waals surface area contributed by atoms with Gasteiger partial charge in [-0.15, -0.1) is 24.9 Å². The highest BCUT2D eigenvalue weighted by Crippen LogP contribution is 2.38. The summed E-state index contributed by atoms with van der Waals surface area (Å²) in [5, 5.41) is 13.3. The lowest BCUT2D eigenvalue weighted by Crippen LogP contribution is -2.17. The van der Waals surface area contributed by atoms with E-state index in [2.05, 4.69) is 9.89 Å². The minimum absolute atomic E-state index is 0.0300. The quantitative estimate of drug-likeness (QED) is 0.197. The lowest BCUT2D eigenvalue weighted by molar-refractivity contribution is -0.274. The Kier molecular flexibility index (Phi) is 8.54. The van der Waals surface area contributed by atoms with Gasteiger partial charge in [0.05, 0.1) is 11.1 Å². The van der Waals surface area contributed by atoms with Gasteiger partial charge in [-0.05, 0) is 60.5 Å². The number of rotatable bonds is 10. The van der Waals surface area contributed by atoms with Crippen LogP contribution in [-0.4, -0.2) is 22.6 Å². The topological polar surface area (TPSA) is 81.8 Å². The molecule has 3 aromatic carbocycles. The maximum absolute atomic E-state index is 13.0. The second kappa shape index (κ2) is 11.9. The zero-order valence-corrected chi connectivity index (χ0v) is 22.2. The first-order chi connectivity index (χ1) is 18.5. The van der Waals surface area contributed by atoms with Gasteiger partial charge < -0.3 is 19.1 Å². The number of aromatic nitrogens is 1. The SMILES string of the molecule is Cc1cc(OCc2c(-c3ccccc3OC(F)(F)F)noc2C(C)C)ccc1CSc1cccc(C(=O)O)c1. The third-order valence-electron chi connectivity index (χ3n) is 5.88. The van der Waals surface area contributed by atoms with Crippen LogP contribution in [0.5, 0.6) is 11.5 Å². The van der Waals surface area contributed by atoms with Gasteiger partial charge in [0.25, 0.3) is 0 Å². The van der Waals surface area contributed by atoms with Crippen molar-refractivity contribution in [2.75, 3.05) is 0 Å². The molecule has 4 rings (SSSR count). The molecule has 4 aromatic rings. The van der Waals surface area contributed by atoms with Gasteiger partial charge in [-0.1, -0.05) is 43.3 Å². The molecule has 0 saturated heterocycles. The number of aromatic carboxylic acids is 1. The molecule has 0 atom stereocenters. The number of carbonyl (C=O) groups is 1. The molecule has 0 amide bonds. The predicted octanol–water partition coefficient (Wildman–Crippen LogP) is 8.24. The van der Waals surface area contributed by atoms with Crippen molar-refractivity contribution in [3.63, 3.8) is 0 Å². The summed E-state index contributed by atoms with van der Waals surface area (Å²) >= 11 is 1.53. The van der Waals surface area contributed by atoms with E-state index in [1.165, 1.54) is 30.0 Å². The molecule has 6 nitrogen and oxygen atoms in total. The van der Waals surface area contributed by atoms with Crippen molar-refractivity contribution in [1.29, 1.82) is 0 Å². The fourth-order valence-electron chi connectivity index (χ4n) is 3.96. The Morgan fingerprint density at radius 3 is 2.54 bits per heavy atom. The summed E-state index contributed by atoms with van der Waals surface area (Å²) in [6.45, 7) is 5.77. The molecule has 0 radical (unpaired) electrons. The molecule has 0 unspecified atom stereocenters.